The molecule has 4 atom stereocenters. The molecule has 0 fully saturated rings. The Bertz CT molecular complexity index is 4650. The highest BCUT2D eigenvalue weighted by atomic mass is 79.9. The summed E-state index contributed by atoms with van der Waals surface area (Å²) < 4.78 is 0. The number of likely N-dealkylation sites (N-methyl/N-ethyl adjacent to an activating group) is 2. The molecule has 2 aliphatic rings. The number of rotatable bonds is 33. The average Bonchev–Trinajstić information content (AvgIpc) is 1.62. The number of imide groups is 1. The first-order chi connectivity index (χ1) is 50.9. The molecule has 5 aromatic carbocycles. The van der Waals surface area contributed by atoms with Crippen LogP contribution in [0.2, 0.25) is 0 Å². The number of halogens is 2. The van der Waals surface area contributed by atoms with Gasteiger partial charge in [-0.25, -0.2) is 9.97 Å². The van der Waals surface area contributed by atoms with E-state index in [2.05, 4.69) is 113 Å². The zero-order valence-electron chi connectivity index (χ0n) is 60.0. The lowest BCUT2D eigenvalue weighted by Gasteiger charge is -2.29. The van der Waals surface area contributed by atoms with Crippen LogP contribution in [-0.4, -0.2) is 155 Å². The van der Waals surface area contributed by atoms with Crippen molar-refractivity contribution in [2.75, 3.05) is 58.7 Å². The molecule has 0 saturated heterocycles. The summed E-state index contributed by atoms with van der Waals surface area (Å²) >= 11 is 0. The highest BCUT2D eigenvalue weighted by Gasteiger charge is 2.35. The molecule has 3 aromatic heterocycles. The van der Waals surface area contributed by atoms with Gasteiger partial charge >= 0.3 is 0 Å². The summed E-state index contributed by atoms with van der Waals surface area (Å²) in [4.78, 5) is 142. The molecule has 10 rings (SSSR count). The second-order valence-corrected chi connectivity index (χ2v) is 26.1. The van der Waals surface area contributed by atoms with Gasteiger partial charge in [0.05, 0.1) is 55.0 Å². The molecule has 14 N–H and O–H groups in total. The van der Waals surface area contributed by atoms with Crippen LogP contribution in [0.1, 0.15) is 80.7 Å². The predicted octanol–water partition coefficient (Wildman–Crippen LogP) is 8.99. The number of hydrogen-bond donors (Lipinski definition) is 12. The lowest BCUT2D eigenvalue weighted by atomic mass is 10.0. The standard InChI is InChI=1S/C81H89N15O9.2BrH/c1-50(2)43-66(79(103)87-47-71(99)86-45-57(83)69(97)46-84-3)95-80(104)67(44-51-19-9-5-10-20-51)94-72(100)48-88-81(105)68(27-17-18-42-82)96(74(102)49-85-4)73(101)41-40-70(98)89-56-30-28-55(29-31-56)78-64-38-36-62(92-64)76(53-23-13-7-14-24-53)60-34-32-58(90-60)75(52-21-11-6-12-22-52)59-33-35-61(91-59)77(54-25-15-8-16-26-54)63-37-39-65(78)93-63;;/h5-16,19-26,28-39,50,57,66-68,84-85,90,93H,17-18,27,40-49,82-83H2,1-4H3,(H,86,99)(H,87,103)(H,88,105)(H,89,98)(H,94,100)(H,95,104);2*1H/t57?,66-,67-,68-;;/m0../s1. The first-order valence-corrected chi connectivity index (χ1v) is 35.2. The Labute approximate surface area is 642 Å². The fourth-order valence-electron chi connectivity index (χ4n) is 12.7. The smallest absolute Gasteiger partial charge is 0.243 e. The van der Waals surface area contributed by atoms with Crippen LogP contribution in [0.15, 0.2) is 170 Å². The summed E-state index contributed by atoms with van der Waals surface area (Å²) in [6, 6.07) is 49.9. The van der Waals surface area contributed by atoms with Crippen molar-refractivity contribution in [2.45, 2.75) is 83.0 Å². The van der Waals surface area contributed by atoms with E-state index in [4.69, 9.17) is 21.4 Å². The van der Waals surface area contributed by atoms with Gasteiger partial charge in [0.15, 0.2) is 5.78 Å². The zero-order valence-corrected chi connectivity index (χ0v) is 63.5. The quantitative estimate of drug-likeness (QED) is 0.0171. The van der Waals surface area contributed by atoms with Crippen molar-refractivity contribution in [1.82, 2.24) is 62.1 Å². The minimum absolute atomic E-state index is 0. The van der Waals surface area contributed by atoms with Gasteiger partial charge in [-0.2, -0.15) is 0 Å². The number of amides is 8. The summed E-state index contributed by atoms with van der Waals surface area (Å²) in [5, 5.41) is 21.4. The van der Waals surface area contributed by atoms with Crippen LogP contribution in [0.4, 0.5) is 5.69 Å². The number of aromatic amines is 2. The zero-order chi connectivity index (χ0) is 74.4. The molecule has 8 amide bonds. The second-order valence-electron chi connectivity index (χ2n) is 26.1. The largest absolute Gasteiger partial charge is 0.354 e. The molecule has 24 nitrogen and oxygen atoms in total. The number of nitrogens with zero attached hydrogens (tertiary/aromatic N) is 3. The van der Waals surface area contributed by atoms with Crippen LogP contribution in [0, 0.1) is 5.92 Å². The van der Waals surface area contributed by atoms with Crippen molar-refractivity contribution in [2.24, 2.45) is 17.4 Å². The first-order valence-electron chi connectivity index (χ1n) is 35.2. The van der Waals surface area contributed by atoms with Gasteiger partial charge in [0.25, 0.3) is 0 Å². The summed E-state index contributed by atoms with van der Waals surface area (Å²) in [5.41, 5.74) is 26.3. The van der Waals surface area contributed by atoms with Crippen molar-refractivity contribution in [3.63, 3.8) is 0 Å². The summed E-state index contributed by atoms with van der Waals surface area (Å²) in [6.45, 7) is 2.25. The lowest BCUT2D eigenvalue weighted by molar-refractivity contribution is -0.152. The van der Waals surface area contributed by atoms with Crippen LogP contribution < -0.4 is 54.0 Å². The molecule has 8 bridgehead atoms. The van der Waals surface area contributed by atoms with Gasteiger partial charge in [0.1, 0.15) is 18.1 Å². The van der Waals surface area contributed by atoms with Crippen molar-refractivity contribution >= 4 is 139 Å². The maximum atomic E-state index is 14.4. The first kappa shape index (κ1) is 81.8. The van der Waals surface area contributed by atoms with Gasteiger partial charge in [-0.1, -0.05) is 147 Å². The predicted molar refractivity (Wildman–Crippen MR) is 431 cm³/mol. The van der Waals surface area contributed by atoms with E-state index >= 15 is 0 Å². The Morgan fingerprint density at radius 1 is 0.467 bits per heavy atom. The Morgan fingerprint density at radius 2 is 0.925 bits per heavy atom. The molecule has 0 saturated carbocycles. The number of nitrogens with two attached hydrogens (primary N) is 2. The van der Waals surface area contributed by atoms with Crippen LogP contribution >= 0.6 is 34.0 Å². The Hall–Kier alpha value is -10.9. The maximum absolute atomic E-state index is 14.4. The molecule has 8 aromatic rings. The maximum Gasteiger partial charge on any atom is 0.243 e. The minimum atomic E-state index is -1.44. The monoisotopic (exact) mass is 1580 g/mol. The highest BCUT2D eigenvalue weighted by Crippen LogP contribution is 2.39. The molecular weight excluding hydrogens is 1490 g/mol. The van der Waals surface area contributed by atoms with Gasteiger partial charge in [0.2, 0.25) is 47.3 Å². The summed E-state index contributed by atoms with van der Waals surface area (Å²) in [5.74, 6) is -6.25. The number of H-pyrrole nitrogens is 2. The lowest BCUT2D eigenvalue weighted by Crippen LogP contribution is -2.57. The number of hydrogen-bond acceptors (Lipinski definition) is 15. The SMILES string of the molecule is Br.Br.CNCC(=O)C(N)CNC(=O)CNC(=O)[C@H](CC(C)C)NC(=O)[C@H](Cc1ccccc1)NC(=O)CNC(=O)[C@H](CCCCN)N(C(=O)CCC(=O)Nc1ccc(-c2c3nc(c(-c4ccccc4)c4ccc([nH]4)c(-c4ccccc4)c4nc(c(-c5ccccc5)c5ccc2[nH]5)C=C4)C=C3)cc1)C(=O)CNC. The number of ketones is 1. The van der Waals surface area contributed by atoms with Crippen LogP contribution in [0.25, 0.3) is 90.9 Å². The van der Waals surface area contributed by atoms with Gasteiger partial charge < -0.3 is 64.0 Å². The summed E-state index contributed by atoms with van der Waals surface area (Å²) in [6.07, 6.45) is 8.09. The normalized spacial score (nSPS) is 12.4. The van der Waals surface area contributed by atoms with Crippen molar-refractivity contribution in [1.29, 1.82) is 0 Å². The van der Waals surface area contributed by atoms with Gasteiger partial charge in [-0.3, -0.25) is 48.1 Å². The Kier molecular flexibility index (Phi) is 30.6. The van der Waals surface area contributed by atoms with E-state index in [0.29, 0.717) is 29.8 Å². The van der Waals surface area contributed by atoms with E-state index in [-0.39, 0.29) is 97.5 Å². The molecule has 0 spiro atoms. The van der Waals surface area contributed by atoms with Gasteiger partial charge in [-0.15, -0.1) is 34.0 Å². The number of Topliss-reactive ketones (excluding diaryl/α,β-unsaturated/α-hetero) is 1. The minimum Gasteiger partial charge on any atom is -0.354 e. The molecule has 1 unspecified atom stereocenters. The fraction of sp³-hybridized carbons (Fsp3) is 0.272. The fourth-order valence-corrected chi connectivity index (χ4v) is 12.7. The molecule has 0 aliphatic carbocycles. The Balaban J connectivity index is 0.00000722. The van der Waals surface area contributed by atoms with Crippen molar-refractivity contribution in [3.05, 3.63) is 198 Å². The third-order valence-corrected chi connectivity index (χ3v) is 17.8. The van der Waals surface area contributed by atoms with E-state index in [9.17, 15) is 43.2 Å². The summed E-state index contributed by atoms with van der Waals surface area (Å²) in [7, 11) is 3.09. The molecule has 2 aliphatic heterocycles. The number of carbonyl (C=O) groups excluding carboxylic acids is 9. The average molecular weight is 1580 g/mol. The number of benzene rings is 5. The molecule has 26 heteroatoms. The highest BCUT2D eigenvalue weighted by molar-refractivity contribution is 8.93. The van der Waals surface area contributed by atoms with Crippen LogP contribution in [0.3, 0.4) is 0 Å². The molecule has 107 heavy (non-hydrogen) atoms. The van der Waals surface area contributed by atoms with E-state index in [0.717, 1.165) is 88.6 Å². The van der Waals surface area contributed by atoms with E-state index < -0.39 is 90.9 Å². The second kappa shape index (κ2) is 40.0. The molecule has 0 radical (unpaired) electrons. The van der Waals surface area contributed by atoms with E-state index in [1.54, 1.807) is 49.5 Å². The number of aromatic nitrogens is 4. The molecule has 558 valence electrons. The number of carbonyl (C=O) groups is 9. The van der Waals surface area contributed by atoms with Gasteiger partial charge in [-0.05, 0) is 141 Å². The van der Waals surface area contributed by atoms with E-state index in [1.165, 1.54) is 7.05 Å². The Morgan fingerprint density at radius 3 is 1.39 bits per heavy atom. The number of unbranched alkanes of at least 4 members (excludes halogenated alkanes) is 1. The number of nitrogens with one attached hydrogen (secondary N) is 10. The number of anilines is 1. The van der Waals surface area contributed by atoms with Crippen molar-refractivity contribution < 1.29 is 43.2 Å². The molecule has 5 heterocycles. The third-order valence-electron chi connectivity index (χ3n) is 17.8. The third kappa shape index (κ3) is 21.9. The van der Waals surface area contributed by atoms with Gasteiger partial charge in [0, 0.05) is 75.8 Å². The van der Waals surface area contributed by atoms with Crippen LogP contribution in [0.5, 0.6) is 0 Å². The van der Waals surface area contributed by atoms with Crippen molar-refractivity contribution in [3.8, 4) is 44.5 Å². The topological polar surface area (TPSA) is 363 Å². The van der Waals surface area contributed by atoms with Crippen LogP contribution in [-0.2, 0) is 49.6 Å². The van der Waals surface area contributed by atoms with E-state index in [1.807, 2.05) is 105 Å². The molecular formula is C81H91Br2N15O9. The number of fused-ring (bicyclic) bond motifs is 8.